The van der Waals surface area contributed by atoms with Gasteiger partial charge in [0.25, 0.3) is 0 Å². The summed E-state index contributed by atoms with van der Waals surface area (Å²) in [6.45, 7) is 0. The van der Waals surface area contributed by atoms with Crippen LogP contribution in [0.5, 0.6) is 0 Å². The van der Waals surface area contributed by atoms with Crippen molar-refractivity contribution < 1.29 is 0 Å². The third-order valence-corrected chi connectivity index (χ3v) is 8.72. The topological polar surface area (TPSA) is 30.7 Å². The van der Waals surface area contributed by atoms with Gasteiger partial charge in [-0.1, -0.05) is 48.5 Å². The second-order valence-corrected chi connectivity index (χ2v) is 10.5. The van der Waals surface area contributed by atoms with Crippen molar-refractivity contribution in [3.05, 3.63) is 116 Å². The zero-order chi connectivity index (χ0) is 23.2. The highest BCUT2D eigenvalue weighted by Gasteiger charge is 2.13. The van der Waals surface area contributed by atoms with Crippen molar-refractivity contribution in [2.24, 2.45) is 0 Å². The summed E-state index contributed by atoms with van der Waals surface area (Å²) in [4.78, 5) is 13.4. The van der Waals surface area contributed by atoms with Crippen molar-refractivity contribution in [3.8, 4) is 36.5 Å². The lowest BCUT2D eigenvalue weighted by Crippen LogP contribution is -1.93. The van der Waals surface area contributed by atoms with Gasteiger partial charge in [0.1, 0.15) is 6.33 Å². The molecule has 0 N–H and O–H groups in total. The van der Waals surface area contributed by atoms with E-state index in [0.29, 0.717) is 0 Å². The Morgan fingerprint density at radius 3 is 1.80 bits per heavy atom. The summed E-state index contributed by atoms with van der Waals surface area (Å²) in [5, 5.41) is 2.57. The van der Waals surface area contributed by atoms with Crippen LogP contribution in [0.15, 0.2) is 116 Å². The predicted octanol–water partition coefficient (Wildman–Crippen LogP) is 8.70. The van der Waals surface area contributed by atoms with Crippen molar-refractivity contribution in [1.82, 2.24) is 14.5 Å². The third kappa shape index (κ3) is 3.48. The summed E-state index contributed by atoms with van der Waals surface area (Å²) in [6, 6.07) is 36.9. The zero-order valence-corrected chi connectivity index (χ0v) is 20.3. The van der Waals surface area contributed by atoms with Crippen LogP contribution in [0.3, 0.4) is 0 Å². The smallest absolute Gasteiger partial charge is 0.116 e. The van der Waals surface area contributed by atoms with Gasteiger partial charge >= 0.3 is 0 Å². The first-order chi connectivity index (χ1) is 17.3. The van der Waals surface area contributed by atoms with Gasteiger partial charge in [0.15, 0.2) is 0 Å². The molecule has 7 aromatic rings. The minimum absolute atomic E-state index is 0.966. The molecule has 4 aromatic heterocycles. The highest BCUT2D eigenvalue weighted by atomic mass is 32.1. The van der Waals surface area contributed by atoms with E-state index in [2.05, 4.69) is 112 Å². The van der Waals surface area contributed by atoms with E-state index in [4.69, 9.17) is 0 Å². The number of para-hydroxylation sites is 2. The molecule has 0 spiro atoms. The average Bonchev–Trinajstić information content (AvgIpc) is 3.67. The van der Waals surface area contributed by atoms with Crippen LogP contribution in [0, 0.1) is 0 Å². The molecule has 3 nitrogen and oxygen atoms in total. The molecule has 0 saturated carbocycles. The quantitative estimate of drug-likeness (QED) is 0.250. The highest BCUT2D eigenvalue weighted by Crippen LogP contribution is 2.40. The Hall–Kier alpha value is -4.06. The number of rotatable bonds is 4. The van der Waals surface area contributed by atoms with Crippen LogP contribution in [0.4, 0.5) is 0 Å². The summed E-state index contributed by atoms with van der Waals surface area (Å²) in [6.07, 6.45) is 3.38. The average molecular weight is 486 g/mol. The molecule has 0 bridgehead atoms. The first kappa shape index (κ1) is 20.3. The minimum Gasteiger partial charge on any atom is -0.309 e. The molecule has 5 heteroatoms. The first-order valence-corrected chi connectivity index (χ1v) is 13.0. The molecule has 166 valence electrons. The Morgan fingerprint density at radius 2 is 1.14 bits per heavy atom. The molecule has 0 aliphatic heterocycles. The van der Waals surface area contributed by atoms with Crippen LogP contribution in [0.1, 0.15) is 0 Å². The second kappa shape index (κ2) is 8.31. The Kier molecular flexibility index (Phi) is 4.82. The number of benzene rings is 3. The van der Waals surface area contributed by atoms with E-state index in [1.54, 1.807) is 23.9 Å². The van der Waals surface area contributed by atoms with E-state index in [0.717, 1.165) is 10.6 Å². The summed E-state index contributed by atoms with van der Waals surface area (Å²) in [5.74, 6) is 0. The summed E-state index contributed by atoms with van der Waals surface area (Å²) >= 11 is 3.59. The van der Waals surface area contributed by atoms with E-state index >= 15 is 0 Å². The largest absolute Gasteiger partial charge is 0.309 e. The Morgan fingerprint density at radius 1 is 0.543 bits per heavy atom. The maximum atomic E-state index is 4.38. The standard InChI is InChI=1S/C30H19N3S2/c1-3-7-25-22(5-1)23-6-2-4-8-26(23)33(25)21-11-9-20(10-12-21)27-13-15-29(34-27)30-16-14-28(35-30)24-17-18-31-19-32-24/h1-19H. The van der Waals surface area contributed by atoms with Crippen LogP contribution < -0.4 is 0 Å². The van der Waals surface area contributed by atoms with E-state index in [9.17, 15) is 0 Å². The molecule has 7 rings (SSSR count). The monoisotopic (exact) mass is 485 g/mol. The van der Waals surface area contributed by atoms with Crippen LogP contribution in [-0.2, 0) is 0 Å². The van der Waals surface area contributed by atoms with Gasteiger partial charge in [-0.05, 0) is 60.2 Å². The van der Waals surface area contributed by atoms with Gasteiger partial charge in [-0.25, -0.2) is 9.97 Å². The fraction of sp³-hybridized carbons (Fsp3) is 0. The van der Waals surface area contributed by atoms with Crippen molar-refractivity contribution in [1.29, 1.82) is 0 Å². The van der Waals surface area contributed by atoms with Gasteiger partial charge in [0.2, 0.25) is 0 Å². The molecule has 0 amide bonds. The van der Waals surface area contributed by atoms with E-state index in [1.165, 1.54) is 47.7 Å². The molecular weight excluding hydrogens is 466 g/mol. The lowest BCUT2D eigenvalue weighted by Gasteiger charge is -2.08. The summed E-state index contributed by atoms with van der Waals surface area (Å²) in [5.41, 5.74) is 5.84. The zero-order valence-electron chi connectivity index (χ0n) is 18.6. The van der Waals surface area contributed by atoms with Crippen molar-refractivity contribution in [2.45, 2.75) is 0 Å². The SMILES string of the molecule is c1ccc2c(c1)c1ccccc1n2-c1ccc(-c2ccc(-c3ccc(-c4ccncn4)s3)s2)cc1. The summed E-state index contributed by atoms with van der Waals surface area (Å²) in [7, 11) is 0. The van der Waals surface area contributed by atoms with Gasteiger partial charge in [-0.3, -0.25) is 0 Å². The lowest BCUT2D eigenvalue weighted by atomic mass is 10.1. The minimum atomic E-state index is 0.966. The number of hydrogen-bond acceptors (Lipinski definition) is 4. The molecule has 0 radical (unpaired) electrons. The van der Waals surface area contributed by atoms with Gasteiger partial charge in [0, 0.05) is 37.3 Å². The van der Waals surface area contributed by atoms with Crippen molar-refractivity contribution >= 4 is 44.5 Å². The highest BCUT2D eigenvalue weighted by molar-refractivity contribution is 7.25. The Labute approximate surface area is 210 Å². The maximum Gasteiger partial charge on any atom is 0.116 e. The molecule has 0 saturated heterocycles. The van der Waals surface area contributed by atoms with Crippen molar-refractivity contribution in [3.63, 3.8) is 0 Å². The van der Waals surface area contributed by atoms with Crippen LogP contribution in [-0.4, -0.2) is 14.5 Å². The number of hydrogen-bond donors (Lipinski definition) is 0. The predicted molar refractivity (Wildman–Crippen MR) is 148 cm³/mol. The van der Waals surface area contributed by atoms with Crippen LogP contribution in [0.25, 0.3) is 58.3 Å². The number of aromatic nitrogens is 3. The molecular formula is C30H19N3S2. The number of nitrogens with zero attached hydrogens (tertiary/aromatic N) is 3. The molecule has 0 aliphatic carbocycles. The van der Waals surface area contributed by atoms with E-state index in [1.807, 2.05) is 17.4 Å². The van der Waals surface area contributed by atoms with Crippen LogP contribution >= 0.6 is 22.7 Å². The van der Waals surface area contributed by atoms with Crippen LogP contribution in [0.2, 0.25) is 0 Å². The van der Waals surface area contributed by atoms with Gasteiger partial charge < -0.3 is 4.57 Å². The molecule has 0 unspecified atom stereocenters. The van der Waals surface area contributed by atoms with Gasteiger partial charge in [-0.2, -0.15) is 0 Å². The second-order valence-electron chi connectivity index (χ2n) is 8.34. The molecule has 0 atom stereocenters. The normalized spacial score (nSPS) is 11.4. The number of fused-ring (bicyclic) bond motifs is 3. The molecule has 4 heterocycles. The van der Waals surface area contributed by atoms with Gasteiger partial charge in [-0.15, -0.1) is 22.7 Å². The lowest BCUT2D eigenvalue weighted by molar-refractivity contribution is 1.18. The van der Waals surface area contributed by atoms with E-state index in [-0.39, 0.29) is 0 Å². The van der Waals surface area contributed by atoms with E-state index < -0.39 is 0 Å². The molecule has 0 aliphatic rings. The van der Waals surface area contributed by atoms with Gasteiger partial charge in [0.05, 0.1) is 21.6 Å². The van der Waals surface area contributed by atoms with Crippen molar-refractivity contribution in [2.75, 3.05) is 0 Å². The Balaban J connectivity index is 1.23. The molecule has 3 aromatic carbocycles. The fourth-order valence-corrected chi connectivity index (χ4v) is 6.73. The number of thiophene rings is 2. The summed E-state index contributed by atoms with van der Waals surface area (Å²) < 4.78 is 2.36. The first-order valence-electron chi connectivity index (χ1n) is 11.4. The molecule has 0 fully saturated rings. The maximum absolute atomic E-state index is 4.38. The Bertz CT molecular complexity index is 1740. The third-order valence-electron chi connectivity index (χ3n) is 6.28. The molecule has 35 heavy (non-hydrogen) atoms. The fourth-order valence-electron chi connectivity index (χ4n) is 4.65.